The normalized spacial score (nSPS) is 18.8. The molecule has 10 heteroatoms. The maximum atomic E-state index is 14.7. The van der Waals surface area contributed by atoms with Crippen LogP contribution in [0.25, 0.3) is 0 Å². The van der Waals surface area contributed by atoms with Crippen molar-refractivity contribution in [1.29, 1.82) is 0 Å². The number of ketones is 4. The van der Waals surface area contributed by atoms with Crippen LogP contribution >= 0.6 is 0 Å². The summed E-state index contributed by atoms with van der Waals surface area (Å²) in [7, 11) is 0. The Morgan fingerprint density at radius 1 is 0.756 bits per heavy atom. The summed E-state index contributed by atoms with van der Waals surface area (Å²) < 4.78 is 12.4. The van der Waals surface area contributed by atoms with Crippen LogP contribution < -0.4 is 10.5 Å². The fraction of sp³-hybridized carbons (Fsp3) is 0.343. The van der Waals surface area contributed by atoms with Crippen molar-refractivity contribution in [2.24, 2.45) is 10.8 Å². The molecule has 0 saturated carbocycles. The number of anilines is 1. The van der Waals surface area contributed by atoms with Gasteiger partial charge in [-0.3, -0.25) is 19.2 Å². The number of phenols is 2. The number of ether oxygens (including phenoxy) is 2. The van der Waals surface area contributed by atoms with E-state index in [-0.39, 0.29) is 92.5 Å². The van der Waals surface area contributed by atoms with Crippen LogP contribution in [-0.4, -0.2) is 39.3 Å². The molecule has 0 bridgehead atoms. The molecule has 232 valence electrons. The molecule has 0 fully saturated rings. The van der Waals surface area contributed by atoms with Crippen LogP contribution in [0.15, 0.2) is 30.3 Å². The molecule has 2 heterocycles. The van der Waals surface area contributed by atoms with Gasteiger partial charge in [0, 0.05) is 80.9 Å². The van der Waals surface area contributed by atoms with Crippen molar-refractivity contribution in [3.8, 4) is 23.0 Å². The summed E-state index contributed by atoms with van der Waals surface area (Å²) in [6.45, 7) is 9.86. The van der Waals surface area contributed by atoms with E-state index in [9.17, 15) is 34.2 Å². The molecule has 3 aromatic carbocycles. The highest BCUT2D eigenvalue weighted by Gasteiger charge is 2.60. The zero-order valence-corrected chi connectivity index (χ0v) is 25.8. The van der Waals surface area contributed by atoms with Crippen molar-refractivity contribution in [3.63, 3.8) is 0 Å². The number of fused-ring (bicyclic) bond motifs is 8. The summed E-state index contributed by atoms with van der Waals surface area (Å²) >= 11 is 0. The number of hydrogen-bond donors (Lipinski definition) is 3. The van der Waals surface area contributed by atoms with Crippen molar-refractivity contribution in [3.05, 3.63) is 74.8 Å². The Morgan fingerprint density at radius 3 is 1.96 bits per heavy atom. The second-order valence-corrected chi connectivity index (χ2v) is 13.9. The molecule has 0 radical (unpaired) electrons. The van der Waals surface area contributed by atoms with Crippen LogP contribution in [0.3, 0.4) is 0 Å². The van der Waals surface area contributed by atoms with E-state index >= 15 is 0 Å². The first-order valence-electron chi connectivity index (χ1n) is 14.7. The van der Waals surface area contributed by atoms with Crippen LogP contribution in [0.4, 0.5) is 5.69 Å². The Bertz CT molecular complexity index is 1920. The van der Waals surface area contributed by atoms with E-state index < -0.39 is 45.5 Å². The number of nitrogens with two attached hydrogens (primary N) is 1. The van der Waals surface area contributed by atoms with E-state index in [1.54, 1.807) is 41.5 Å². The summed E-state index contributed by atoms with van der Waals surface area (Å²) in [6, 6.07) is 6.53. The molecule has 0 aromatic heterocycles. The second kappa shape index (κ2) is 9.50. The third-order valence-electron chi connectivity index (χ3n) is 8.52. The first kappa shape index (κ1) is 30.1. The maximum Gasteiger partial charge on any atom is 0.340 e. The van der Waals surface area contributed by atoms with Crippen LogP contribution in [0.1, 0.15) is 129 Å². The Kier molecular flexibility index (Phi) is 6.35. The average Bonchev–Trinajstić information content (AvgIpc) is 3.12. The average molecular weight is 612 g/mol. The number of carbonyl (C=O) groups is 5. The van der Waals surface area contributed by atoms with E-state index in [1.165, 1.54) is 30.3 Å². The molecule has 6 rings (SSSR count). The number of Topliss-reactive ketones (excluding diaryl/α,β-unsaturated/α-hetero) is 4. The van der Waals surface area contributed by atoms with Gasteiger partial charge in [-0.05, 0) is 18.6 Å². The number of aromatic hydroxyl groups is 2. The van der Waals surface area contributed by atoms with Crippen LogP contribution in [0.5, 0.6) is 23.0 Å². The topological polar surface area (TPSA) is 170 Å². The number of esters is 1. The minimum Gasteiger partial charge on any atom is -0.508 e. The van der Waals surface area contributed by atoms with Crippen molar-refractivity contribution in [2.45, 2.75) is 66.4 Å². The summed E-state index contributed by atoms with van der Waals surface area (Å²) in [4.78, 5) is 71.3. The third kappa shape index (κ3) is 4.18. The smallest absolute Gasteiger partial charge is 0.340 e. The molecule has 2 aliphatic heterocycles. The highest BCUT2D eigenvalue weighted by Crippen LogP contribution is 2.61. The fourth-order valence-electron chi connectivity index (χ4n) is 6.55. The van der Waals surface area contributed by atoms with E-state index in [2.05, 4.69) is 0 Å². The third-order valence-corrected chi connectivity index (χ3v) is 8.52. The summed E-state index contributed by atoms with van der Waals surface area (Å²) in [6.07, 6.45) is 0.0651. The van der Waals surface area contributed by atoms with Gasteiger partial charge in [-0.2, -0.15) is 0 Å². The Labute approximate surface area is 259 Å². The van der Waals surface area contributed by atoms with Gasteiger partial charge in [-0.1, -0.05) is 41.5 Å². The lowest BCUT2D eigenvalue weighted by atomic mass is 9.67. The Hall–Kier alpha value is -4.99. The van der Waals surface area contributed by atoms with Crippen LogP contribution in [-0.2, 0) is 10.3 Å². The lowest BCUT2D eigenvalue weighted by molar-refractivity contribution is 0.0222. The molecule has 3 aromatic rings. The van der Waals surface area contributed by atoms with Gasteiger partial charge in [0.15, 0.2) is 28.7 Å². The quantitative estimate of drug-likeness (QED) is 0.130. The highest BCUT2D eigenvalue weighted by atomic mass is 16.6. The van der Waals surface area contributed by atoms with Crippen LogP contribution in [0.2, 0.25) is 0 Å². The molecule has 10 nitrogen and oxygen atoms in total. The number of benzene rings is 3. The monoisotopic (exact) mass is 611 g/mol. The Morgan fingerprint density at radius 2 is 1.33 bits per heavy atom. The molecule has 1 unspecified atom stereocenters. The van der Waals surface area contributed by atoms with Crippen molar-refractivity contribution >= 4 is 34.8 Å². The van der Waals surface area contributed by atoms with Gasteiger partial charge < -0.3 is 25.4 Å². The standard InChI is InChI=1S/C35H33NO9/c1-33(2,3)30(41)25-23-19(39)8-7-9-20(40)24(23)27-29(26(25)31(42)34(4,5)6)35(45-32(27)43)17-11-10-15(37)13-21(17)44-22-14-16(38)12-18(36)28(22)35/h10-14,37-38H,7-9,36H2,1-6H3. The minimum absolute atomic E-state index is 0.0170. The molecule has 45 heavy (non-hydrogen) atoms. The van der Waals surface area contributed by atoms with Gasteiger partial charge in [0.1, 0.15) is 23.0 Å². The van der Waals surface area contributed by atoms with Gasteiger partial charge in [0.25, 0.3) is 0 Å². The molecule has 0 amide bonds. The lowest BCUT2D eigenvalue weighted by Gasteiger charge is -2.39. The lowest BCUT2D eigenvalue weighted by Crippen LogP contribution is -2.38. The predicted molar refractivity (Wildman–Crippen MR) is 163 cm³/mol. The van der Waals surface area contributed by atoms with Crippen molar-refractivity contribution < 1.29 is 43.7 Å². The molecule has 0 saturated heterocycles. The number of nitrogen functional groups attached to an aromatic ring is 1. The molecule has 1 spiro atoms. The minimum atomic E-state index is -2.07. The first-order valence-corrected chi connectivity index (χ1v) is 14.7. The molecular weight excluding hydrogens is 578 g/mol. The van der Waals surface area contributed by atoms with Crippen molar-refractivity contribution in [2.75, 3.05) is 5.73 Å². The molecule has 1 aliphatic carbocycles. The van der Waals surface area contributed by atoms with E-state index in [4.69, 9.17) is 15.2 Å². The zero-order chi connectivity index (χ0) is 33.0. The summed E-state index contributed by atoms with van der Waals surface area (Å²) in [5, 5.41) is 20.9. The van der Waals surface area contributed by atoms with Gasteiger partial charge in [0.2, 0.25) is 0 Å². The zero-order valence-electron chi connectivity index (χ0n) is 25.8. The number of rotatable bonds is 2. The SMILES string of the molecule is CC(C)(C)C(=O)c1c2c(c3c(c1C(=O)C(C)(C)C)C1(OC3=O)c3ccc(O)cc3Oc3cc(O)cc(N)c31)C(=O)CCCC2=O. The van der Waals surface area contributed by atoms with Gasteiger partial charge in [-0.25, -0.2) is 4.79 Å². The summed E-state index contributed by atoms with van der Waals surface area (Å²) in [5.41, 5.74) is 0.978. The fourth-order valence-corrected chi connectivity index (χ4v) is 6.55. The van der Waals surface area contributed by atoms with Gasteiger partial charge in [0.05, 0.1) is 11.1 Å². The van der Waals surface area contributed by atoms with Crippen LogP contribution in [0, 0.1) is 10.8 Å². The van der Waals surface area contributed by atoms with Gasteiger partial charge >= 0.3 is 5.97 Å². The van der Waals surface area contributed by atoms with E-state index in [1.807, 2.05) is 0 Å². The first-order chi connectivity index (χ1) is 20.9. The maximum absolute atomic E-state index is 14.7. The largest absolute Gasteiger partial charge is 0.508 e. The van der Waals surface area contributed by atoms with E-state index in [0.29, 0.717) is 0 Å². The summed E-state index contributed by atoms with van der Waals surface area (Å²) in [5.74, 6) is -3.67. The Balaban J connectivity index is 1.95. The molecular formula is C35H33NO9. The number of carbonyl (C=O) groups excluding carboxylic acids is 5. The van der Waals surface area contributed by atoms with Gasteiger partial charge in [-0.15, -0.1) is 0 Å². The molecule has 1 atom stereocenters. The number of hydrogen-bond acceptors (Lipinski definition) is 10. The molecule has 3 aliphatic rings. The predicted octanol–water partition coefficient (Wildman–Crippen LogP) is 6.25. The van der Waals surface area contributed by atoms with Crippen molar-refractivity contribution in [1.82, 2.24) is 0 Å². The number of phenolic OH excluding ortho intramolecular Hbond substituents is 2. The second-order valence-electron chi connectivity index (χ2n) is 13.9. The van der Waals surface area contributed by atoms with E-state index in [0.717, 1.165) is 0 Å². The molecule has 4 N–H and O–H groups in total. The highest BCUT2D eigenvalue weighted by molar-refractivity contribution is 6.26.